The number of imide groups is 1. The topological polar surface area (TPSA) is 113 Å². The van der Waals surface area contributed by atoms with E-state index in [4.69, 9.17) is 0 Å². The zero-order valence-corrected chi connectivity index (χ0v) is 20.4. The van der Waals surface area contributed by atoms with Crippen molar-refractivity contribution in [2.45, 2.75) is 18.3 Å². The molecule has 2 fully saturated rings. The Morgan fingerprint density at radius 2 is 1.62 bits per heavy atom. The summed E-state index contributed by atoms with van der Waals surface area (Å²) in [5.41, 5.74) is 0.218. The van der Waals surface area contributed by atoms with Gasteiger partial charge in [0.05, 0.1) is 34.1 Å². The smallest absolute Gasteiger partial charge is 0.351 e. The molecule has 3 heterocycles. The maximum Gasteiger partial charge on any atom is 0.416 e. The number of carbonyl (C=O) groups is 3. The Morgan fingerprint density at radius 3 is 2.33 bits per heavy atom. The van der Waals surface area contributed by atoms with Crippen LogP contribution < -0.4 is 15.1 Å². The molecule has 3 amide bonds. The Bertz CT molecular complexity index is 1600. The first kappa shape index (κ1) is 25.3. The van der Waals surface area contributed by atoms with E-state index in [1.165, 1.54) is 30.3 Å². The van der Waals surface area contributed by atoms with Crippen molar-refractivity contribution in [2.24, 2.45) is 11.8 Å². The number of fused-ring (bicyclic) bond motifs is 5. The standard InChI is InChI=1S/C28H19F3N4O5/c29-28(30,31)16-5-3-6-19(14-16)33-26(37)22-21-13-8-15-4-1-2-7-20(15)34(21)24(23(22)27(33)38)25(36)32-17-9-11-18(12-10-17)35(39)40/h1-14,21-24H,(H,32,36)/t21-,22-,23+,24-/m0/s1. The third-order valence-electron chi connectivity index (χ3n) is 7.46. The maximum absolute atomic E-state index is 13.8. The van der Waals surface area contributed by atoms with Crippen LogP contribution in [0.25, 0.3) is 6.08 Å². The summed E-state index contributed by atoms with van der Waals surface area (Å²) in [6, 6.07) is 14.3. The molecule has 40 heavy (non-hydrogen) atoms. The number of alkyl halides is 3. The van der Waals surface area contributed by atoms with Crippen LogP contribution in [0.3, 0.4) is 0 Å². The lowest BCUT2D eigenvalue weighted by Gasteiger charge is -2.36. The number of hydrogen-bond acceptors (Lipinski definition) is 6. The molecule has 202 valence electrons. The fourth-order valence-corrected chi connectivity index (χ4v) is 5.77. The van der Waals surface area contributed by atoms with Gasteiger partial charge >= 0.3 is 6.18 Å². The Kier molecular flexibility index (Phi) is 5.71. The van der Waals surface area contributed by atoms with Gasteiger partial charge in [-0.1, -0.05) is 36.4 Å². The molecule has 2 saturated heterocycles. The number of nitrogens with zero attached hydrogens (tertiary/aromatic N) is 3. The molecule has 9 nitrogen and oxygen atoms in total. The molecule has 4 atom stereocenters. The number of non-ortho nitro benzene ring substituents is 1. The van der Waals surface area contributed by atoms with E-state index in [2.05, 4.69) is 5.32 Å². The average molecular weight is 548 g/mol. The first-order valence-electron chi connectivity index (χ1n) is 12.2. The van der Waals surface area contributed by atoms with Gasteiger partial charge in [0.15, 0.2) is 0 Å². The lowest BCUT2D eigenvalue weighted by molar-refractivity contribution is -0.384. The van der Waals surface area contributed by atoms with E-state index in [0.29, 0.717) is 5.69 Å². The van der Waals surface area contributed by atoms with Crippen LogP contribution in [0.2, 0.25) is 0 Å². The number of nitro groups is 1. The van der Waals surface area contributed by atoms with Crippen LogP contribution in [0.15, 0.2) is 78.9 Å². The van der Waals surface area contributed by atoms with E-state index in [0.717, 1.165) is 28.7 Å². The highest BCUT2D eigenvalue weighted by Gasteiger charge is 2.64. The molecule has 1 N–H and O–H groups in total. The highest BCUT2D eigenvalue weighted by molar-refractivity contribution is 6.25. The largest absolute Gasteiger partial charge is 0.416 e. The summed E-state index contributed by atoms with van der Waals surface area (Å²) < 4.78 is 40.2. The molecule has 3 aliphatic heterocycles. The van der Waals surface area contributed by atoms with Gasteiger partial charge in [0, 0.05) is 23.5 Å². The normalized spacial score (nSPS) is 23.1. The average Bonchev–Trinajstić information content (AvgIpc) is 3.41. The number of nitro benzene ring substituents is 1. The molecular formula is C28H19F3N4O5. The van der Waals surface area contributed by atoms with E-state index in [1.807, 2.05) is 6.07 Å². The van der Waals surface area contributed by atoms with Crippen LogP contribution in [0, 0.1) is 22.0 Å². The van der Waals surface area contributed by atoms with Gasteiger partial charge in [-0.25, -0.2) is 4.90 Å². The van der Waals surface area contributed by atoms with Gasteiger partial charge in [-0.15, -0.1) is 0 Å². The number of rotatable bonds is 4. The van der Waals surface area contributed by atoms with Crippen LogP contribution in [-0.4, -0.2) is 34.7 Å². The Balaban J connectivity index is 1.41. The number of carbonyl (C=O) groups excluding carboxylic acids is 3. The Hall–Kier alpha value is -5.00. The molecule has 0 aromatic heterocycles. The van der Waals surface area contributed by atoms with E-state index in [-0.39, 0.29) is 17.1 Å². The van der Waals surface area contributed by atoms with Gasteiger partial charge in [-0.2, -0.15) is 13.2 Å². The monoisotopic (exact) mass is 548 g/mol. The van der Waals surface area contributed by atoms with Crippen molar-refractivity contribution in [3.05, 3.63) is 100 Å². The predicted octanol–water partition coefficient (Wildman–Crippen LogP) is 4.64. The van der Waals surface area contributed by atoms with Gasteiger partial charge in [-0.3, -0.25) is 24.5 Å². The zero-order chi connectivity index (χ0) is 28.3. The second kappa shape index (κ2) is 9.04. The molecule has 6 rings (SSSR count). The molecule has 0 spiro atoms. The van der Waals surface area contributed by atoms with Crippen molar-refractivity contribution >= 4 is 46.5 Å². The summed E-state index contributed by atoms with van der Waals surface area (Å²) in [5, 5.41) is 13.7. The molecule has 3 aromatic rings. The first-order chi connectivity index (χ1) is 19.1. The van der Waals surface area contributed by atoms with E-state index in [9.17, 15) is 37.7 Å². The lowest BCUT2D eigenvalue weighted by Crippen LogP contribution is -2.50. The SMILES string of the molecule is O=C(Nc1ccc([N+](=O)[O-])cc1)[C@@H]1[C@@H]2C(=O)N(c3cccc(C(F)(F)F)c3)C(=O)[C@H]2[C@@H]2C=Cc3ccccc3N12. The molecule has 0 saturated carbocycles. The quantitative estimate of drug-likeness (QED) is 0.289. The summed E-state index contributed by atoms with van der Waals surface area (Å²) in [5.74, 6) is -4.33. The number of nitrogens with one attached hydrogen (secondary N) is 1. The van der Waals surface area contributed by atoms with Crippen LogP contribution >= 0.6 is 0 Å². The number of para-hydroxylation sites is 1. The minimum Gasteiger partial charge on any atom is -0.351 e. The summed E-state index contributed by atoms with van der Waals surface area (Å²) in [7, 11) is 0. The minimum atomic E-state index is -4.68. The third kappa shape index (κ3) is 3.91. The number of halogens is 3. The summed E-state index contributed by atoms with van der Waals surface area (Å²) in [4.78, 5) is 54.2. The van der Waals surface area contributed by atoms with Crippen molar-refractivity contribution in [2.75, 3.05) is 15.1 Å². The third-order valence-corrected chi connectivity index (χ3v) is 7.46. The van der Waals surface area contributed by atoms with Crippen LogP contribution in [0.5, 0.6) is 0 Å². The minimum absolute atomic E-state index is 0.178. The first-order valence-corrected chi connectivity index (χ1v) is 12.2. The molecule has 0 bridgehead atoms. The fraction of sp³-hybridized carbons (Fsp3) is 0.179. The van der Waals surface area contributed by atoms with Crippen LogP contribution in [0.1, 0.15) is 11.1 Å². The highest BCUT2D eigenvalue weighted by Crippen LogP contribution is 2.49. The van der Waals surface area contributed by atoms with E-state index < -0.39 is 58.3 Å². The van der Waals surface area contributed by atoms with Gasteiger partial charge < -0.3 is 10.2 Å². The molecule has 0 unspecified atom stereocenters. The second-order valence-electron chi connectivity index (χ2n) is 9.67. The Morgan fingerprint density at radius 1 is 0.925 bits per heavy atom. The van der Waals surface area contributed by atoms with Crippen molar-refractivity contribution in [3.63, 3.8) is 0 Å². The number of hydrogen-bond donors (Lipinski definition) is 1. The number of amides is 3. The van der Waals surface area contributed by atoms with Gasteiger partial charge in [-0.05, 0) is 42.0 Å². The van der Waals surface area contributed by atoms with Gasteiger partial charge in [0.1, 0.15) is 6.04 Å². The van der Waals surface area contributed by atoms with Gasteiger partial charge in [0.25, 0.3) is 5.69 Å². The molecule has 3 aliphatic rings. The van der Waals surface area contributed by atoms with Crippen molar-refractivity contribution in [1.29, 1.82) is 0 Å². The van der Waals surface area contributed by atoms with Crippen molar-refractivity contribution in [1.82, 2.24) is 0 Å². The maximum atomic E-state index is 13.8. The predicted molar refractivity (Wildman–Crippen MR) is 138 cm³/mol. The van der Waals surface area contributed by atoms with Crippen LogP contribution in [-0.2, 0) is 20.6 Å². The van der Waals surface area contributed by atoms with Gasteiger partial charge in [0.2, 0.25) is 17.7 Å². The zero-order valence-electron chi connectivity index (χ0n) is 20.4. The molecule has 0 aliphatic carbocycles. The van der Waals surface area contributed by atoms with Crippen molar-refractivity contribution in [3.8, 4) is 0 Å². The molecular weight excluding hydrogens is 529 g/mol. The molecule has 12 heteroatoms. The highest BCUT2D eigenvalue weighted by atomic mass is 19.4. The molecule has 0 radical (unpaired) electrons. The molecule has 3 aromatic carbocycles. The summed E-state index contributed by atoms with van der Waals surface area (Å²) in [6.45, 7) is 0. The Labute approximate surface area is 224 Å². The second-order valence-corrected chi connectivity index (χ2v) is 9.67. The number of benzene rings is 3. The van der Waals surface area contributed by atoms with Crippen LogP contribution in [0.4, 0.5) is 35.9 Å². The summed E-state index contributed by atoms with van der Waals surface area (Å²) >= 11 is 0. The van der Waals surface area contributed by atoms with E-state index in [1.54, 1.807) is 35.3 Å². The number of anilines is 3. The van der Waals surface area contributed by atoms with Crippen molar-refractivity contribution < 1.29 is 32.5 Å². The lowest BCUT2D eigenvalue weighted by atomic mass is 9.88. The fourth-order valence-electron chi connectivity index (χ4n) is 5.77. The van der Waals surface area contributed by atoms with E-state index >= 15 is 0 Å². The summed E-state index contributed by atoms with van der Waals surface area (Å²) in [6.07, 6.45) is -1.17.